The SMILES string of the molecule is COc1cc([C@@H](OCc2cn([C@H]3CC(O)[C@@H](CO)O3)c3nc(N)[nH]c(=O)c23)C(C)(C)C)c([N+](=O)[O-])cc1I. The minimum Gasteiger partial charge on any atom is -0.496 e. The molecule has 1 aliphatic rings. The molecule has 13 nitrogen and oxygen atoms in total. The van der Waals surface area contributed by atoms with E-state index in [9.17, 15) is 25.1 Å². The maximum Gasteiger partial charge on any atom is 0.276 e. The summed E-state index contributed by atoms with van der Waals surface area (Å²) in [5.74, 6) is 0.382. The molecule has 0 bridgehead atoms. The molecule has 0 radical (unpaired) electrons. The van der Waals surface area contributed by atoms with Crippen molar-refractivity contribution in [2.45, 2.75) is 58.3 Å². The second-order valence-electron chi connectivity index (χ2n) is 10.2. The van der Waals surface area contributed by atoms with Gasteiger partial charge in [-0.15, -0.1) is 0 Å². The normalized spacial score (nSPS) is 20.7. The van der Waals surface area contributed by atoms with Crippen molar-refractivity contribution in [3.63, 3.8) is 0 Å². The van der Waals surface area contributed by atoms with Gasteiger partial charge >= 0.3 is 0 Å². The molecule has 0 amide bonds. The van der Waals surface area contributed by atoms with Gasteiger partial charge in [0.1, 0.15) is 18.1 Å². The van der Waals surface area contributed by atoms with Crippen molar-refractivity contribution in [3.8, 4) is 5.75 Å². The quantitative estimate of drug-likeness (QED) is 0.162. The van der Waals surface area contributed by atoms with Crippen LogP contribution >= 0.6 is 22.6 Å². The predicted molar refractivity (Wildman–Crippen MR) is 146 cm³/mol. The van der Waals surface area contributed by atoms with Crippen molar-refractivity contribution in [1.29, 1.82) is 0 Å². The third-order valence-corrected chi connectivity index (χ3v) is 7.29. The van der Waals surface area contributed by atoms with Gasteiger partial charge in [-0.25, -0.2) is 0 Å². The van der Waals surface area contributed by atoms with Crippen molar-refractivity contribution < 1.29 is 29.3 Å². The maximum absolute atomic E-state index is 12.9. The molecular weight excluding hydrogens is 613 g/mol. The zero-order valence-corrected chi connectivity index (χ0v) is 23.5. The van der Waals surface area contributed by atoms with Crippen molar-refractivity contribution in [3.05, 3.63) is 53.5 Å². The van der Waals surface area contributed by atoms with E-state index in [1.807, 2.05) is 43.4 Å². The minimum atomic E-state index is -0.900. The molecule has 1 aromatic carbocycles. The molecule has 2 aromatic heterocycles. The fourth-order valence-corrected chi connectivity index (χ4v) is 5.36. The Bertz CT molecular complexity index is 1420. The van der Waals surface area contributed by atoms with Crippen LogP contribution in [0.1, 0.15) is 50.7 Å². The summed E-state index contributed by atoms with van der Waals surface area (Å²) in [5.41, 5.74) is 5.66. The lowest BCUT2D eigenvalue weighted by Crippen LogP contribution is -2.24. The number of hydrogen-bond acceptors (Lipinski definition) is 10. The molecule has 3 aromatic rings. The summed E-state index contributed by atoms with van der Waals surface area (Å²) in [5, 5.41) is 31.9. The summed E-state index contributed by atoms with van der Waals surface area (Å²) >= 11 is 1.98. The second kappa shape index (κ2) is 10.8. The Labute approximate surface area is 231 Å². The lowest BCUT2D eigenvalue weighted by atomic mass is 9.83. The number of hydrogen-bond donors (Lipinski definition) is 4. The lowest BCUT2D eigenvalue weighted by molar-refractivity contribution is -0.386. The number of nitrogens with two attached hydrogens (primary N) is 1. The number of anilines is 1. The van der Waals surface area contributed by atoms with Crippen LogP contribution in [-0.2, 0) is 16.1 Å². The first kappa shape index (κ1) is 28.2. The van der Waals surface area contributed by atoms with Gasteiger partial charge in [0.25, 0.3) is 11.2 Å². The number of benzene rings is 1. The number of fused-ring (bicyclic) bond motifs is 1. The Balaban J connectivity index is 1.77. The fraction of sp³-hybridized carbons (Fsp3) is 0.500. The first-order valence-electron chi connectivity index (χ1n) is 11.8. The van der Waals surface area contributed by atoms with Crippen LogP contribution in [0.2, 0.25) is 0 Å². The van der Waals surface area contributed by atoms with Gasteiger partial charge in [0, 0.05) is 24.2 Å². The van der Waals surface area contributed by atoms with Crippen LogP contribution in [0.25, 0.3) is 11.0 Å². The molecule has 5 N–H and O–H groups in total. The third kappa shape index (κ3) is 5.36. The minimum absolute atomic E-state index is 0.0930. The van der Waals surface area contributed by atoms with Crippen LogP contribution in [0.4, 0.5) is 11.6 Å². The number of aliphatic hydroxyl groups excluding tert-OH is 2. The van der Waals surface area contributed by atoms with Crippen LogP contribution < -0.4 is 16.0 Å². The van der Waals surface area contributed by atoms with Gasteiger partial charge in [-0.1, -0.05) is 20.8 Å². The molecule has 4 atom stereocenters. The van der Waals surface area contributed by atoms with Gasteiger partial charge in [-0.05, 0) is 34.1 Å². The molecule has 3 heterocycles. The molecule has 0 spiro atoms. The maximum atomic E-state index is 12.9. The number of methoxy groups -OCH3 is 1. The fourth-order valence-electron chi connectivity index (χ4n) is 4.69. The number of aromatic nitrogens is 3. The van der Waals surface area contributed by atoms with Gasteiger partial charge in [-0.3, -0.25) is 19.9 Å². The molecule has 38 heavy (non-hydrogen) atoms. The van der Waals surface area contributed by atoms with Crippen LogP contribution in [0.15, 0.2) is 23.1 Å². The highest BCUT2D eigenvalue weighted by Crippen LogP contribution is 2.44. The summed E-state index contributed by atoms with van der Waals surface area (Å²) in [6, 6.07) is 3.05. The number of aliphatic hydroxyl groups is 2. The Hall–Kier alpha value is -2.79. The van der Waals surface area contributed by atoms with E-state index in [0.717, 1.165) is 0 Å². The first-order chi connectivity index (χ1) is 17.8. The number of rotatable bonds is 8. The summed E-state index contributed by atoms with van der Waals surface area (Å²) in [6.45, 7) is 5.23. The van der Waals surface area contributed by atoms with E-state index < -0.39 is 40.4 Å². The number of nitrogens with one attached hydrogen (secondary N) is 1. The van der Waals surface area contributed by atoms with E-state index in [2.05, 4.69) is 9.97 Å². The average molecular weight is 643 g/mol. The molecular formula is C24H30IN5O8. The van der Waals surface area contributed by atoms with E-state index >= 15 is 0 Å². The number of nitro groups is 1. The molecule has 1 fully saturated rings. The van der Waals surface area contributed by atoms with Gasteiger partial charge in [0.15, 0.2) is 5.65 Å². The Morgan fingerprint density at radius 1 is 1.42 bits per heavy atom. The number of ether oxygens (including phenoxy) is 3. The van der Waals surface area contributed by atoms with Crippen molar-refractivity contribution in [1.82, 2.24) is 14.5 Å². The monoisotopic (exact) mass is 643 g/mol. The molecule has 0 aliphatic carbocycles. The van der Waals surface area contributed by atoms with E-state index in [4.69, 9.17) is 19.9 Å². The number of nitrogens with zero attached hydrogens (tertiary/aromatic N) is 3. The van der Waals surface area contributed by atoms with Crippen LogP contribution in [0.5, 0.6) is 5.75 Å². The summed E-state index contributed by atoms with van der Waals surface area (Å²) < 4.78 is 19.7. The summed E-state index contributed by atoms with van der Waals surface area (Å²) in [7, 11) is 1.49. The highest BCUT2D eigenvalue weighted by Gasteiger charge is 2.37. The van der Waals surface area contributed by atoms with Crippen LogP contribution in [0, 0.1) is 19.1 Å². The third-order valence-electron chi connectivity index (χ3n) is 6.45. The second-order valence-corrected chi connectivity index (χ2v) is 11.3. The van der Waals surface area contributed by atoms with Crippen molar-refractivity contribution in [2.24, 2.45) is 5.41 Å². The molecule has 14 heteroatoms. The highest BCUT2D eigenvalue weighted by atomic mass is 127. The average Bonchev–Trinajstić information content (AvgIpc) is 3.38. The Morgan fingerprint density at radius 3 is 2.71 bits per heavy atom. The number of nitro benzene ring substituents is 1. The van der Waals surface area contributed by atoms with E-state index in [1.54, 1.807) is 16.8 Å². The Morgan fingerprint density at radius 2 is 2.13 bits per heavy atom. The van der Waals surface area contributed by atoms with E-state index in [1.165, 1.54) is 13.2 Å². The zero-order valence-electron chi connectivity index (χ0n) is 21.3. The molecule has 4 rings (SSSR count). The first-order valence-corrected chi connectivity index (χ1v) is 12.9. The number of aromatic amines is 1. The topological polar surface area (TPSA) is 188 Å². The zero-order chi connectivity index (χ0) is 27.9. The molecule has 1 aliphatic heterocycles. The molecule has 0 saturated carbocycles. The smallest absolute Gasteiger partial charge is 0.276 e. The number of halogens is 1. The van der Waals surface area contributed by atoms with Gasteiger partial charge in [0.2, 0.25) is 5.95 Å². The Kier molecular flexibility index (Phi) is 7.99. The molecule has 1 saturated heterocycles. The lowest BCUT2D eigenvalue weighted by Gasteiger charge is -2.31. The van der Waals surface area contributed by atoms with Gasteiger partial charge < -0.3 is 34.7 Å². The molecule has 1 unspecified atom stereocenters. The predicted octanol–water partition coefficient (Wildman–Crippen LogP) is 2.77. The van der Waals surface area contributed by atoms with Crippen LogP contribution in [-0.4, -0.2) is 55.6 Å². The standard InChI is InChI=1S/C24H30IN5O8/c1-24(2,3)20(12-5-16(36-4)13(25)6-14(12)30(34)35)37-10-11-8-29(18-7-15(32)17(9-31)38-18)21-19(11)22(33)28-23(26)27-21/h5-6,8,15,17-18,20,31-32H,7,9-10H2,1-4H3,(H3,26,27,28,33)/t15?,17-,18-,20-/m1/s1. The number of nitrogen functional groups attached to an aromatic ring is 1. The van der Waals surface area contributed by atoms with Gasteiger partial charge in [0.05, 0.1) is 52.0 Å². The summed E-state index contributed by atoms with van der Waals surface area (Å²) in [4.78, 5) is 31.2. The molecule has 206 valence electrons. The van der Waals surface area contributed by atoms with E-state index in [-0.39, 0.29) is 42.3 Å². The summed E-state index contributed by atoms with van der Waals surface area (Å²) in [6.07, 6.45) is -1.33. The van der Waals surface area contributed by atoms with E-state index in [0.29, 0.717) is 20.4 Å². The van der Waals surface area contributed by atoms with Crippen LogP contribution in [0.3, 0.4) is 0 Å². The van der Waals surface area contributed by atoms with Gasteiger partial charge in [-0.2, -0.15) is 4.98 Å². The largest absolute Gasteiger partial charge is 0.496 e. The van der Waals surface area contributed by atoms with Crippen molar-refractivity contribution >= 4 is 45.3 Å². The van der Waals surface area contributed by atoms with Crippen molar-refractivity contribution in [2.75, 3.05) is 19.5 Å². The highest BCUT2D eigenvalue weighted by molar-refractivity contribution is 14.1. The number of H-pyrrole nitrogens is 1.